The molecule has 0 saturated carbocycles. The average Bonchev–Trinajstić information content (AvgIpc) is 2.88. The summed E-state index contributed by atoms with van der Waals surface area (Å²) in [7, 11) is 0. The van der Waals surface area contributed by atoms with Gasteiger partial charge in [-0.3, -0.25) is 0 Å². The summed E-state index contributed by atoms with van der Waals surface area (Å²) in [6, 6.07) is 14.5. The van der Waals surface area contributed by atoms with Gasteiger partial charge in [-0.1, -0.05) is 38.1 Å². The highest BCUT2D eigenvalue weighted by Gasteiger charge is 2.05. The molecule has 0 fully saturated rings. The maximum atomic E-state index is 8.93. The fraction of sp³-hybridized carbons (Fsp3) is 0.222. The van der Waals surface area contributed by atoms with Gasteiger partial charge >= 0.3 is 0 Å². The molecule has 3 nitrogen and oxygen atoms in total. The Labute approximate surface area is 124 Å². The highest BCUT2D eigenvalue weighted by atomic mass is 15.0. The first kappa shape index (κ1) is 13.4. The number of hydrogen-bond acceptors (Lipinski definition) is 2. The summed E-state index contributed by atoms with van der Waals surface area (Å²) in [5.74, 6) is 0.554. The van der Waals surface area contributed by atoms with E-state index in [-0.39, 0.29) is 0 Å². The Morgan fingerprint density at radius 1 is 1.10 bits per heavy atom. The van der Waals surface area contributed by atoms with E-state index in [0.717, 1.165) is 17.8 Å². The van der Waals surface area contributed by atoms with Crippen LogP contribution in [0.2, 0.25) is 0 Å². The number of aromatic nitrogens is 2. The minimum absolute atomic E-state index is 0.554. The number of imidazole rings is 1. The zero-order valence-electron chi connectivity index (χ0n) is 12.2. The molecule has 0 bridgehead atoms. The molecule has 2 aromatic heterocycles. The normalized spacial score (nSPS) is 11.0. The molecule has 0 N–H and O–H groups in total. The summed E-state index contributed by atoms with van der Waals surface area (Å²) in [6.45, 7) is 4.40. The molecular formula is C18H17N3. The van der Waals surface area contributed by atoms with Crippen molar-refractivity contribution in [1.29, 1.82) is 5.26 Å². The second kappa shape index (κ2) is 5.41. The van der Waals surface area contributed by atoms with E-state index < -0.39 is 0 Å². The van der Waals surface area contributed by atoms with E-state index in [1.54, 1.807) is 6.07 Å². The van der Waals surface area contributed by atoms with Gasteiger partial charge in [0, 0.05) is 18.8 Å². The van der Waals surface area contributed by atoms with Crippen LogP contribution in [0.3, 0.4) is 0 Å². The van der Waals surface area contributed by atoms with Crippen LogP contribution in [-0.4, -0.2) is 9.38 Å². The summed E-state index contributed by atoms with van der Waals surface area (Å²) < 4.78 is 1.91. The Morgan fingerprint density at radius 2 is 1.86 bits per heavy atom. The van der Waals surface area contributed by atoms with Crippen LogP contribution in [0.4, 0.5) is 0 Å². The monoisotopic (exact) mass is 275 g/mol. The predicted molar refractivity (Wildman–Crippen MR) is 83.2 cm³/mol. The second-order valence-electron chi connectivity index (χ2n) is 5.60. The first-order valence-electron chi connectivity index (χ1n) is 7.12. The smallest absolute Gasteiger partial charge is 0.137 e. The van der Waals surface area contributed by atoms with Crippen LogP contribution in [0.15, 0.2) is 48.8 Å². The lowest BCUT2D eigenvalue weighted by Crippen LogP contribution is -1.91. The van der Waals surface area contributed by atoms with Crippen LogP contribution < -0.4 is 0 Å². The minimum Gasteiger partial charge on any atom is -0.305 e. The minimum atomic E-state index is 0.554. The van der Waals surface area contributed by atoms with Crippen molar-refractivity contribution in [2.24, 2.45) is 0 Å². The molecule has 3 aromatic rings. The molecule has 3 heteroatoms. The van der Waals surface area contributed by atoms with Crippen LogP contribution in [0.1, 0.15) is 42.1 Å². The van der Waals surface area contributed by atoms with Gasteiger partial charge in [-0.25, -0.2) is 4.98 Å². The van der Waals surface area contributed by atoms with Gasteiger partial charge in [-0.2, -0.15) is 5.26 Å². The Hall–Kier alpha value is -2.60. The molecule has 0 aliphatic rings. The number of benzene rings is 1. The molecule has 0 atom stereocenters. The molecule has 0 spiro atoms. The summed E-state index contributed by atoms with van der Waals surface area (Å²) in [5.41, 5.74) is 5.15. The van der Waals surface area contributed by atoms with E-state index in [9.17, 15) is 0 Å². The molecule has 21 heavy (non-hydrogen) atoms. The Bertz CT molecular complexity index is 805. The number of nitrogens with zero attached hydrogens (tertiary/aromatic N) is 3. The third-order valence-electron chi connectivity index (χ3n) is 3.66. The Balaban J connectivity index is 1.86. The SMILES string of the molecule is CC(C)c1ccc(Cc2cn3cc(C#N)ccc3n2)cc1. The number of nitriles is 1. The lowest BCUT2D eigenvalue weighted by atomic mass is 10.0. The zero-order valence-corrected chi connectivity index (χ0v) is 12.2. The highest BCUT2D eigenvalue weighted by Crippen LogP contribution is 2.17. The average molecular weight is 275 g/mol. The maximum Gasteiger partial charge on any atom is 0.137 e. The summed E-state index contributed by atoms with van der Waals surface area (Å²) in [5, 5.41) is 8.93. The van der Waals surface area contributed by atoms with Crippen molar-refractivity contribution >= 4 is 5.65 Å². The third kappa shape index (κ3) is 2.80. The molecule has 104 valence electrons. The predicted octanol–water partition coefficient (Wildman–Crippen LogP) is 3.92. The summed E-state index contributed by atoms with van der Waals surface area (Å²) in [6.07, 6.45) is 4.61. The van der Waals surface area contributed by atoms with Crippen LogP contribution in [0, 0.1) is 11.3 Å². The van der Waals surface area contributed by atoms with Crippen LogP contribution in [0.5, 0.6) is 0 Å². The van der Waals surface area contributed by atoms with Crippen molar-refractivity contribution in [3.05, 3.63) is 71.2 Å². The van der Waals surface area contributed by atoms with Crippen LogP contribution in [-0.2, 0) is 6.42 Å². The molecule has 0 aliphatic heterocycles. The highest BCUT2D eigenvalue weighted by molar-refractivity contribution is 5.44. The molecule has 2 heterocycles. The lowest BCUT2D eigenvalue weighted by Gasteiger charge is -2.05. The zero-order chi connectivity index (χ0) is 14.8. The molecule has 0 amide bonds. The van der Waals surface area contributed by atoms with Crippen molar-refractivity contribution in [2.45, 2.75) is 26.2 Å². The van der Waals surface area contributed by atoms with Crippen LogP contribution in [0.25, 0.3) is 5.65 Å². The van der Waals surface area contributed by atoms with Gasteiger partial charge in [0.2, 0.25) is 0 Å². The fourth-order valence-electron chi connectivity index (χ4n) is 2.43. The standard InChI is InChI=1S/C18H17N3/c1-13(2)16-6-3-14(4-7-16)9-17-12-21-11-15(10-19)5-8-18(21)20-17/h3-8,11-13H,9H2,1-2H3. The van der Waals surface area contributed by atoms with Gasteiger partial charge in [0.15, 0.2) is 0 Å². The van der Waals surface area contributed by atoms with Crippen LogP contribution >= 0.6 is 0 Å². The number of fused-ring (bicyclic) bond motifs is 1. The first-order valence-corrected chi connectivity index (χ1v) is 7.12. The number of hydrogen-bond donors (Lipinski definition) is 0. The van der Waals surface area contributed by atoms with Crippen molar-refractivity contribution in [3.63, 3.8) is 0 Å². The van der Waals surface area contributed by atoms with E-state index in [0.29, 0.717) is 11.5 Å². The quantitative estimate of drug-likeness (QED) is 0.727. The van der Waals surface area contributed by atoms with Gasteiger partial charge in [-0.05, 0) is 29.2 Å². The second-order valence-corrected chi connectivity index (χ2v) is 5.60. The van der Waals surface area contributed by atoms with E-state index in [4.69, 9.17) is 5.26 Å². The first-order chi connectivity index (χ1) is 10.2. The summed E-state index contributed by atoms with van der Waals surface area (Å²) >= 11 is 0. The van der Waals surface area contributed by atoms with Crippen molar-refractivity contribution in [1.82, 2.24) is 9.38 Å². The van der Waals surface area contributed by atoms with Gasteiger partial charge in [0.05, 0.1) is 11.3 Å². The number of rotatable bonds is 3. The van der Waals surface area contributed by atoms with Crippen molar-refractivity contribution in [2.75, 3.05) is 0 Å². The molecular weight excluding hydrogens is 258 g/mol. The molecule has 0 radical (unpaired) electrons. The van der Waals surface area contributed by atoms with E-state index in [2.05, 4.69) is 49.2 Å². The van der Waals surface area contributed by atoms with E-state index in [1.165, 1.54) is 11.1 Å². The largest absolute Gasteiger partial charge is 0.305 e. The summed E-state index contributed by atoms with van der Waals surface area (Å²) in [4.78, 5) is 4.59. The van der Waals surface area contributed by atoms with E-state index in [1.807, 2.05) is 22.9 Å². The number of pyridine rings is 1. The van der Waals surface area contributed by atoms with Crippen molar-refractivity contribution in [3.8, 4) is 6.07 Å². The van der Waals surface area contributed by atoms with Gasteiger partial charge in [-0.15, -0.1) is 0 Å². The molecule has 3 rings (SSSR count). The van der Waals surface area contributed by atoms with Crippen molar-refractivity contribution < 1.29 is 0 Å². The van der Waals surface area contributed by atoms with E-state index >= 15 is 0 Å². The maximum absolute atomic E-state index is 8.93. The topological polar surface area (TPSA) is 41.1 Å². The van der Waals surface area contributed by atoms with Gasteiger partial charge < -0.3 is 4.40 Å². The third-order valence-corrected chi connectivity index (χ3v) is 3.66. The van der Waals surface area contributed by atoms with Gasteiger partial charge in [0.1, 0.15) is 11.7 Å². The lowest BCUT2D eigenvalue weighted by molar-refractivity contribution is 0.865. The molecule has 0 aliphatic carbocycles. The Morgan fingerprint density at radius 3 is 2.52 bits per heavy atom. The Kier molecular flexibility index (Phi) is 3.45. The van der Waals surface area contributed by atoms with Gasteiger partial charge in [0.25, 0.3) is 0 Å². The molecule has 0 saturated heterocycles. The molecule has 1 aromatic carbocycles. The fourth-order valence-corrected chi connectivity index (χ4v) is 2.43. The molecule has 0 unspecified atom stereocenters.